The molecule has 10 heteroatoms. The van der Waals surface area contributed by atoms with Crippen LogP contribution in [-0.4, -0.2) is 37.1 Å². The van der Waals surface area contributed by atoms with Crippen LogP contribution in [-0.2, 0) is 11.3 Å². The number of Topliss-reactive ketones (excluding diaryl/α,β-unsaturated/α-hetero) is 1. The molecular weight excluding hydrogens is 513 g/mol. The van der Waals surface area contributed by atoms with Gasteiger partial charge < -0.3 is 5.11 Å². The number of thioether (sulfide) groups is 1. The van der Waals surface area contributed by atoms with Gasteiger partial charge in [0.15, 0.2) is 5.78 Å². The monoisotopic (exact) mass is 533 g/mol. The Morgan fingerprint density at radius 2 is 1.78 bits per heavy atom. The summed E-state index contributed by atoms with van der Waals surface area (Å²) in [5.41, 5.74) is 1.00. The summed E-state index contributed by atoms with van der Waals surface area (Å²) in [5.74, 6) is -2.26. The molecule has 1 aliphatic rings. The van der Waals surface area contributed by atoms with E-state index < -0.39 is 35.5 Å². The standard InChI is InChI=1S/C27H20FN3O4S2/c1-15-3-5-17(6-4-15)11-22-25(34)31(27(36)37-22)14-21(32)23-16(2)20(12-29)24(33)30(26(23)35)13-18-7-9-19(28)10-8-18/h3-11,35H,13-14H2,1-2H3/b22-11-. The topological polar surface area (TPSA) is 103 Å². The van der Waals surface area contributed by atoms with Gasteiger partial charge >= 0.3 is 0 Å². The molecule has 0 radical (unpaired) electrons. The predicted molar refractivity (Wildman–Crippen MR) is 143 cm³/mol. The molecule has 37 heavy (non-hydrogen) atoms. The van der Waals surface area contributed by atoms with E-state index >= 15 is 0 Å². The second-order valence-corrected chi connectivity index (χ2v) is 10.1. The summed E-state index contributed by atoms with van der Waals surface area (Å²) in [7, 11) is 0. The number of aromatic hydroxyl groups is 1. The number of thiocarbonyl (C=S) groups is 1. The van der Waals surface area contributed by atoms with E-state index in [-0.39, 0.29) is 27.6 Å². The van der Waals surface area contributed by atoms with Gasteiger partial charge in [0.2, 0.25) is 5.88 Å². The second kappa shape index (κ2) is 10.5. The fraction of sp³-hybridized carbons (Fsp3) is 0.148. The van der Waals surface area contributed by atoms with Gasteiger partial charge in [-0.1, -0.05) is 65.9 Å². The van der Waals surface area contributed by atoms with Crippen LogP contribution in [0.1, 0.15) is 38.2 Å². The lowest BCUT2D eigenvalue weighted by atomic mass is 10.0. The Morgan fingerprint density at radius 1 is 1.14 bits per heavy atom. The maximum atomic E-state index is 13.3. The van der Waals surface area contributed by atoms with Crippen molar-refractivity contribution in [3.05, 3.63) is 103 Å². The molecule has 2 aromatic carbocycles. The number of benzene rings is 2. The van der Waals surface area contributed by atoms with Gasteiger partial charge in [0.05, 0.1) is 23.6 Å². The van der Waals surface area contributed by atoms with Gasteiger partial charge in [0, 0.05) is 0 Å². The molecule has 0 atom stereocenters. The lowest BCUT2D eigenvalue weighted by Crippen LogP contribution is -2.35. The molecule has 0 bridgehead atoms. The summed E-state index contributed by atoms with van der Waals surface area (Å²) < 4.78 is 14.4. The van der Waals surface area contributed by atoms with Gasteiger partial charge in [-0.3, -0.25) is 23.9 Å². The Labute approximate surface area is 221 Å². The van der Waals surface area contributed by atoms with Crippen molar-refractivity contribution in [1.29, 1.82) is 5.26 Å². The SMILES string of the molecule is Cc1ccc(/C=C2\SC(=S)N(CC(=O)c3c(C)c(C#N)c(=O)n(Cc4ccc(F)cc4)c3O)C2=O)cc1. The molecule has 186 valence electrons. The Bertz CT molecular complexity index is 1570. The zero-order valence-electron chi connectivity index (χ0n) is 19.8. The summed E-state index contributed by atoms with van der Waals surface area (Å²) in [4.78, 5) is 40.7. The summed E-state index contributed by atoms with van der Waals surface area (Å²) in [5, 5.41) is 20.5. The fourth-order valence-corrected chi connectivity index (χ4v) is 5.13. The average molecular weight is 534 g/mol. The van der Waals surface area contributed by atoms with Crippen molar-refractivity contribution in [2.24, 2.45) is 0 Å². The Hall–Kier alpha value is -4.07. The van der Waals surface area contributed by atoms with Crippen LogP contribution in [0.5, 0.6) is 5.88 Å². The van der Waals surface area contributed by atoms with E-state index in [1.807, 2.05) is 31.2 Å². The average Bonchev–Trinajstić information content (AvgIpc) is 3.12. The number of pyridine rings is 1. The van der Waals surface area contributed by atoms with Crippen molar-refractivity contribution >= 4 is 46.1 Å². The highest BCUT2D eigenvalue weighted by molar-refractivity contribution is 8.26. The Kier molecular flexibility index (Phi) is 7.38. The maximum Gasteiger partial charge on any atom is 0.271 e. The number of nitrogens with zero attached hydrogens (tertiary/aromatic N) is 3. The quantitative estimate of drug-likeness (QED) is 0.286. The van der Waals surface area contributed by atoms with Gasteiger partial charge in [0.25, 0.3) is 11.5 Å². The summed E-state index contributed by atoms with van der Waals surface area (Å²) in [6.07, 6.45) is 1.68. The third-order valence-corrected chi connectivity index (χ3v) is 7.26. The van der Waals surface area contributed by atoms with Crippen LogP contribution < -0.4 is 5.56 Å². The molecule has 1 amide bonds. The largest absolute Gasteiger partial charge is 0.494 e. The number of amides is 1. The first kappa shape index (κ1) is 26.0. The molecule has 1 fully saturated rings. The number of aromatic nitrogens is 1. The molecule has 3 aromatic rings. The molecule has 2 heterocycles. The van der Waals surface area contributed by atoms with E-state index in [0.29, 0.717) is 10.5 Å². The first-order valence-electron chi connectivity index (χ1n) is 11.1. The third-order valence-electron chi connectivity index (χ3n) is 5.88. The number of rotatable bonds is 6. The van der Waals surface area contributed by atoms with Crippen molar-refractivity contribution in [2.45, 2.75) is 20.4 Å². The molecule has 0 unspecified atom stereocenters. The molecule has 0 saturated carbocycles. The normalized spacial score (nSPS) is 14.3. The van der Waals surface area contributed by atoms with Crippen LogP contribution in [0.25, 0.3) is 6.08 Å². The molecule has 0 spiro atoms. The van der Waals surface area contributed by atoms with Gasteiger partial charge in [-0.25, -0.2) is 4.39 Å². The Balaban J connectivity index is 1.66. The minimum absolute atomic E-state index is 0.00555. The van der Waals surface area contributed by atoms with E-state index in [1.54, 1.807) is 12.1 Å². The van der Waals surface area contributed by atoms with Gasteiger partial charge in [-0.15, -0.1) is 0 Å². The molecule has 0 aliphatic carbocycles. The van der Waals surface area contributed by atoms with Crippen LogP contribution in [0.15, 0.2) is 58.2 Å². The molecule has 1 aliphatic heterocycles. The minimum atomic E-state index is -0.787. The van der Waals surface area contributed by atoms with Crippen LogP contribution in [0.2, 0.25) is 0 Å². The number of aryl methyl sites for hydroxylation is 1. The zero-order chi connectivity index (χ0) is 26.9. The van der Waals surface area contributed by atoms with E-state index in [2.05, 4.69) is 0 Å². The second-order valence-electron chi connectivity index (χ2n) is 8.43. The highest BCUT2D eigenvalue weighted by Crippen LogP contribution is 2.33. The lowest BCUT2D eigenvalue weighted by molar-refractivity contribution is -0.121. The van der Waals surface area contributed by atoms with Crippen LogP contribution >= 0.6 is 24.0 Å². The third kappa shape index (κ3) is 5.23. The zero-order valence-corrected chi connectivity index (χ0v) is 21.5. The number of hydrogen-bond donors (Lipinski definition) is 1. The maximum absolute atomic E-state index is 13.3. The summed E-state index contributed by atoms with van der Waals surface area (Å²) in [6, 6.07) is 14.6. The first-order chi connectivity index (χ1) is 17.6. The van der Waals surface area contributed by atoms with Crippen LogP contribution in [0.3, 0.4) is 0 Å². The first-order valence-corrected chi connectivity index (χ1v) is 12.3. The Morgan fingerprint density at radius 3 is 2.41 bits per heavy atom. The van der Waals surface area contributed by atoms with E-state index in [1.165, 1.54) is 31.2 Å². The van der Waals surface area contributed by atoms with Crippen molar-refractivity contribution in [1.82, 2.24) is 9.47 Å². The smallest absolute Gasteiger partial charge is 0.271 e. The highest BCUT2D eigenvalue weighted by Gasteiger charge is 2.35. The van der Waals surface area contributed by atoms with E-state index in [0.717, 1.165) is 32.4 Å². The van der Waals surface area contributed by atoms with Crippen LogP contribution in [0, 0.1) is 31.0 Å². The molecule has 1 aromatic heterocycles. The summed E-state index contributed by atoms with van der Waals surface area (Å²) >= 11 is 6.39. The van der Waals surface area contributed by atoms with Crippen molar-refractivity contribution in [2.75, 3.05) is 6.54 Å². The van der Waals surface area contributed by atoms with Crippen molar-refractivity contribution in [3.63, 3.8) is 0 Å². The van der Waals surface area contributed by atoms with E-state index in [9.17, 15) is 29.1 Å². The molecule has 7 nitrogen and oxygen atoms in total. The number of halogens is 1. The lowest BCUT2D eigenvalue weighted by Gasteiger charge is -2.18. The van der Waals surface area contributed by atoms with Gasteiger partial charge in [0.1, 0.15) is 21.8 Å². The summed E-state index contributed by atoms with van der Waals surface area (Å²) in [6.45, 7) is 2.66. The highest BCUT2D eigenvalue weighted by atomic mass is 32.2. The fourth-order valence-electron chi connectivity index (χ4n) is 3.88. The molecule has 1 N–H and O–H groups in total. The van der Waals surface area contributed by atoms with Gasteiger partial charge in [-0.2, -0.15) is 5.26 Å². The number of carbonyl (C=O) groups is 2. The molecule has 1 saturated heterocycles. The molecular formula is C27H20FN3O4S2. The van der Waals surface area contributed by atoms with Crippen molar-refractivity contribution < 1.29 is 19.1 Å². The number of hydrogen-bond acceptors (Lipinski definition) is 7. The minimum Gasteiger partial charge on any atom is -0.494 e. The van der Waals surface area contributed by atoms with Crippen molar-refractivity contribution in [3.8, 4) is 11.9 Å². The van der Waals surface area contributed by atoms with Crippen LogP contribution in [0.4, 0.5) is 4.39 Å². The number of nitriles is 1. The van der Waals surface area contributed by atoms with E-state index in [4.69, 9.17) is 12.2 Å². The van der Waals surface area contributed by atoms with Gasteiger partial charge in [-0.05, 0) is 48.7 Å². The number of ketones is 1. The molecule has 4 rings (SSSR count). The predicted octanol–water partition coefficient (Wildman–Crippen LogP) is 4.31. The number of carbonyl (C=O) groups excluding carboxylic acids is 2.